The first kappa shape index (κ1) is 13.2. The first-order valence-corrected chi connectivity index (χ1v) is 6.06. The highest BCUT2D eigenvalue weighted by atomic mass is 16.6. The van der Waals surface area contributed by atoms with Crippen molar-refractivity contribution in [2.45, 2.75) is 0 Å². The van der Waals surface area contributed by atoms with Gasteiger partial charge in [0.15, 0.2) is 11.4 Å². The van der Waals surface area contributed by atoms with Gasteiger partial charge in [-0.25, -0.2) is 14.5 Å². The number of carbonyl (C=O) groups excluding carboxylic acids is 1. The number of aromatic nitrogens is 3. The fourth-order valence-electron chi connectivity index (χ4n) is 1.78. The highest BCUT2D eigenvalue weighted by Gasteiger charge is 2.25. The third kappa shape index (κ3) is 2.21. The van der Waals surface area contributed by atoms with Gasteiger partial charge in [-0.1, -0.05) is 23.4 Å². The summed E-state index contributed by atoms with van der Waals surface area (Å²) in [6.07, 6.45) is 1.20. The van der Waals surface area contributed by atoms with Crippen LogP contribution < -0.4 is 0 Å². The molecule has 1 aromatic carbocycles. The Hall–Kier alpha value is -3.78. The minimum Gasteiger partial charge on any atom is -0.402 e. The Kier molecular flexibility index (Phi) is 3.19. The number of ether oxygens (including phenoxy) is 1. The molecule has 0 amide bonds. The molecular weight excluding hydrogens is 284 g/mol. The number of esters is 1. The lowest BCUT2D eigenvalue weighted by Gasteiger charge is -1.97. The number of cyclic esters (lactones) is 1. The number of nitrogens with zero attached hydrogens (tertiary/aromatic N) is 6. The van der Waals surface area contributed by atoms with Crippen molar-refractivity contribution >= 4 is 18.1 Å². The van der Waals surface area contributed by atoms with Crippen molar-refractivity contribution in [1.29, 1.82) is 10.5 Å². The lowest BCUT2D eigenvalue weighted by Crippen LogP contribution is -2.05. The van der Waals surface area contributed by atoms with Gasteiger partial charge in [0.25, 0.3) is 0 Å². The van der Waals surface area contributed by atoms with Gasteiger partial charge < -0.3 is 4.74 Å². The third-order valence-corrected chi connectivity index (χ3v) is 2.79. The number of hydrogen-bond acceptors (Lipinski definition) is 7. The van der Waals surface area contributed by atoms with Crippen molar-refractivity contribution in [2.75, 3.05) is 0 Å². The van der Waals surface area contributed by atoms with Crippen molar-refractivity contribution in [3.63, 3.8) is 0 Å². The zero-order chi connectivity index (χ0) is 15.5. The minimum absolute atomic E-state index is 0.0373. The van der Waals surface area contributed by atoms with E-state index in [4.69, 9.17) is 15.3 Å². The van der Waals surface area contributed by atoms with Gasteiger partial charge >= 0.3 is 5.97 Å². The van der Waals surface area contributed by atoms with E-state index in [1.165, 1.54) is 6.20 Å². The van der Waals surface area contributed by atoms with Crippen molar-refractivity contribution in [3.05, 3.63) is 53.0 Å². The molecule has 1 aliphatic heterocycles. The maximum atomic E-state index is 11.8. The number of rotatable bonds is 2. The molecule has 0 atom stereocenters. The molecule has 1 aromatic heterocycles. The summed E-state index contributed by atoms with van der Waals surface area (Å²) in [7, 11) is 0. The standard InChI is InChI=1S/C14H6N6O2/c15-6-10-12(7-16)20(19-18-10)8-11-14(21)22-13(17-11)9-4-2-1-3-5-9/h1-5,8H/b11-8-. The molecule has 2 aromatic rings. The monoisotopic (exact) mass is 290 g/mol. The van der Waals surface area contributed by atoms with Gasteiger partial charge in [-0.05, 0) is 12.1 Å². The van der Waals surface area contributed by atoms with Crippen LogP contribution in [0.1, 0.15) is 17.0 Å². The molecule has 0 unspecified atom stereocenters. The molecule has 0 bridgehead atoms. The molecule has 0 aliphatic carbocycles. The van der Waals surface area contributed by atoms with E-state index in [0.29, 0.717) is 5.56 Å². The second kappa shape index (κ2) is 5.31. The van der Waals surface area contributed by atoms with E-state index in [1.807, 2.05) is 6.07 Å². The van der Waals surface area contributed by atoms with Gasteiger partial charge in [0.1, 0.15) is 12.1 Å². The summed E-state index contributed by atoms with van der Waals surface area (Å²) < 4.78 is 6.09. The van der Waals surface area contributed by atoms with Gasteiger partial charge in [-0.3, -0.25) is 0 Å². The van der Waals surface area contributed by atoms with Crippen LogP contribution in [-0.2, 0) is 9.53 Å². The molecule has 0 radical (unpaired) electrons. The molecule has 0 spiro atoms. The van der Waals surface area contributed by atoms with Crippen LogP contribution in [0.25, 0.3) is 6.20 Å². The van der Waals surface area contributed by atoms with Crippen LogP contribution in [0.15, 0.2) is 41.0 Å². The van der Waals surface area contributed by atoms with Gasteiger partial charge in [0.2, 0.25) is 11.6 Å². The number of aliphatic imine (C=N–C) groups is 1. The lowest BCUT2D eigenvalue weighted by atomic mass is 10.2. The molecule has 0 saturated carbocycles. The quantitative estimate of drug-likeness (QED) is 0.597. The summed E-state index contributed by atoms with van der Waals surface area (Å²) in [5, 5.41) is 25.0. The zero-order valence-corrected chi connectivity index (χ0v) is 11.0. The Morgan fingerprint density at radius 2 is 1.95 bits per heavy atom. The maximum Gasteiger partial charge on any atom is 0.365 e. The zero-order valence-electron chi connectivity index (χ0n) is 11.0. The first-order valence-electron chi connectivity index (χ1n) is 6.06. The summed E-state index contributed by atoms with van der Waals surface area (Å²) in [4.78, 5) is 15.9. The Labute approximate surface area is 124 Å². The van der Waals surface area contributed by atoms with E-state index in [-0.39, 0.29) is 23.0 Å². The minimum atomic E-state index is -0.670. The Morgan fingerprint density at radius 1 is 1.18 bits per heavy atom. The smallest absolute Gasteiger partial charge is 0.365 e. The summed E-state index contributed by atoms with van der Waals surface area (Å²) in [6, 6.07) is 12.4. The van der Waals surface area contributed by atoms with Crippen LogP contribution in [0.3, 0.4) is 0 Å². The Balaban J connectivity index is 2.01. The fraction of sp³-hybridized carbons (Fsp3) is 0. The molecule has 1 aliphatic rings. The predicted molar refractivity (Wildman–Crippen MR) is 72.8 cm³/mol. The van der Waals surface area contributed by atoms with Gasteiger partial charge in [-0.15, -0.1) is 5.10 Å². The average Bonchev–Trinajstić information content (AvgIpc) is 3.12. The molecule has 3 rings (SSSR count). The fourth-order valence-corrected chi connectivity index (χ4v) is 1.78. The number of benzene rings is 1. The predicted octanol–water partition coefficient (Wildman–Crippen LogP) is 0.823. The summed E-state index contributed by atoms with van der Waals surface area (Å²) in [5.74, 6) is -0.507. The average molecular weight is 290 g/mol. The van der Waals surface area contributed by atoms with Gasteiger partial charge in [0, 0.05) is 5.56 Å². The van der Waals surface area contributed by atoms with Crippen LogP contribution >= 0.6 is 0 Å². The van der Waals surface area contributed by atoms with E-state index in [1.54, 1.807) is 36.4 Å². The van der Waals surface area contributed by atoms with Gasteiger partial charge in [-0.2, -0.15) is 10.5 Å². The van der Waals surface area contributed by atoms with Crippen LogP contribution in [-0.4, -0.2) is 26.9 Å². The molecular formula is C14H6N6O2. The number of hydrogen-bond donors (Lipinski definition) is 0. The number of nitriles is 2. The van der Waals surface area contributed by atoms with Crippen molar-refractivity contribution < 1.29 is 9.53 Å². The molecule has 22 heavy (non-hydrogen) atoms. The number of carbonyl (C=O) groups is 1. The van der Waals surface area contributed by atoms with Gasteiger partial charge in [0.05, 0.1) is 6.20 Å². The van der Waals surface area contributed by atoms with Crippen molar-refractivity contribution in [2.24, 2.45) is 4.99 Å². The maximum absolute atomic E-state index is 11.8. The normalized spacial score (nSPS) is 15.1. The lowest BCUT2D eigenvalue weighted by molar-refractivity contribution is -0.129. The summed E-state index contributed by atoms with van der Waals surface area (Å²) >= 11 is 0. The van der Waals surface area contributed by atoms with Crippen molar-refractivity contribution in [3.8, 4) is 12.1 Å². The summed E-state index contributed by atoms with van der Waals surface area (Å²) in [6.45, 7) is 0. The molecule has 0 N–H and O–H groups in total. The Morgan fingerprint density at radius 3 is 2.64 bits per heavy atom. The van der Waals surface area contributed by atoms with Crippen LogP contribution in [0.5, 0.6) is 0 Å². The highest BCUT2D eigenvalue weighted by molar-refractivity contribution is 6.12. The van der Waals surface area contributed by atoms with Crippen molar-refractivity contribution in [1.82, 2.24) is 15.0 Å². The summed E-state index contributed by atoms with van der Waals surface area (Å²) in [5.41, 5.74) is 0.407. The van der Waals surface area contributed by atoms with E-state index in [0.717, 1.165) is 4.68 Å². The molecule has 8 nitrogen and oxygen atoms in total. The van der Waals surface area contributed by atoms with E-state index in [9.17, 15) is 4.79 Å². The molecule has 0 saturated heterocycles. The van der Waals surface area contributed by atoms with E-state index >= 15 is 0 Å². The highest BCUT2D eigenvalue weighted by Crippen LogP contribution is 2.17. The topological polar surface area (TPSA) is 117 Å². The van der Waals surface area contributed by atoms with E-state index < -0.39 is 5.97 Å². The second-order valence-corrected chi connectivity index (χ2v) is 4.14. The molecule has 104 valence electrons. The largest absolute Gasteiger partial charge is 0.402 e. The van der Waals surface area contributed by atoms with Crippen LogP contribution in [0, 0.1) is 22.7 Å². The van der Waals surface area contributed by atoms with E-state index in [2.05, 4.69) is 15.3 Å². The second-order valence-electron chi connectivity index (χ2n) is 4.14. The Bertz CT molecular complexity index is 896. The third-order valence-electron chi connectivity index (χ3n) is 2.79. The molecule has 2 heterocycles. The molecule has 0 fully saturated rings. The SMILES string of the molecule is N#Cc1nnn(/C=C2\N=C(c3ccccc3)OC2=O)c1C#N. The molecule has 8 heteroatoms. The first-order chi connectivity index (χ1) is 10.7. The van der Waals surface area contributed by atoms with Crippen LogP contribution in [0.2, 0.25) is 0 Å². The van der Waals surface area contributed by atoms with Crippen LogP contribution in [0.4, 0.5) is 0 Å².